The monoisotopic (exact) mass is 382 g/mol. The third-order valence-electron chi connectivity index (χ3n) is 2.90. The van der Waals surface area contributed by atoms with Crippen LogP contribution in [0.25, 0.3) is 22.4 Å². The molecular formula is C14H8FIN2O2. The zero-order valence-electron chi connectivity index (χ0n) is 10.0. The summed E-state index contributed by atoms with van der Waals surface area (Å²) in [4.78, 5) is 18.4. The number of benzene rings is 2. The predicted octanol–water partition coefficient (Wildman–Crippen LogP) is 3.67. The van der Waals surface area contributed by atoms with E-state index < -0.39 is 11.8 Å². The van der Waals surface area contributed by atoms with Crippen molar-refractivity contribution in [3.8, 4) is 11.4 Å². The van der Waals surface area contributed by atoms with Crippen molar-refractivity contribution in [2.45, 2.75) is 0 Å². The minimum absolute atomic E-state index is 0.145. The summed E-state index contributed by atoms with van der Waals surface area (Å²) in [6, 6.07) is 9.80. The second-order valence-corrected chi connectivity index (χ2v) is 5.49. The number of H-pyrrole nitrogens is 1. The number of carboxylic acid groups (broad SMARTS) is 1. The van der Waals surface area contributed by atoms with E-state index in [1.807, 2.05) is 24.3 Å². The molecule has 0 fully saturated rings. The molecular weight excluding hydrogens is 374 g/mol. The Hall–Kier alpha value is -1.96. The first-order valence-corrected chi connectivity index (χ1v) is 6.81. The highest BCUT2D eigenvalue weighted by molar-refractivity contribution is 14.1. The number of fused-ring (bicyclic) bond motifs is 1. The maximum absolute atomic E-state index is 13.4. The molecule has 100 valence electrons. The van der Waals surface area contributed by atoms with E-state index in [1.54, 1.807) is 0 Å². The van der Waals surface area contributed by atoms with E-state index in [1.165, 1.54) is 6.07 Å². The maximum atomic E-state index is 13.4. The molecule has 2 aromatic carbocycles. The summed E-state index contributed by atoms with van der Waals surface area (Å²) >= 11 is 2.19. The lowest BCUT2D eigenvalue weighted by Crippen LogP contribution is -1.98. The number of hydrogen-bond donors (Lipinski definition) is 2. The Labute approximate surface area is 126 Å². The first-order chi connectivity index (χ1) is 9.54. The molecule has 20 heavy (non-hydrogen) atoms. The number of aromatic amines is 1. The zero-order valence-corrected chi connectivity index (χ0v) is 12.2. The van der Waals surface area contributed by atoms with Gasteiger partial charge in [0.2, 0.25) is 0 Å². The standard InChI is InChI=1S/C14H8FIN2O2/c15-8-5-10(14(19)20)12-11(6-8)17-13(18-12)7-1-3-9(16)4-2-7/h1-6H,(H,17,18)(H,19,20). The van der Waals surface area contributed by atoms with E-state index in [0.29, 0.717) is 11.3 Å². The lowest BCUT2D eigenvalue weighted by Gasteiger charge is -1.96. The fourth-order valence-corrected chi connectivity index (χ4v) is 2.35. The van der Waals surface area contributed by atoms with Gasteiger partial charge in [-0.05, 0) is 46.9 Å². The molecule has 3 aromatic rings. The lowest BCUT2D eigenvalue weighted by atomic mass is 10.2. The van der Waals surface area contributed by atoms with Crippen LogP contribution in [0.4, 0.5) is 4.39 Å². The lowest BCUT2D eigenvalue weighted by molar-refractivity contribution is 0.0698. The molecule has 0 unspecified atom stereocenters. The molecule has 0 spiro atoms. The summed E-state index contributed by atoms with van der Waals surface area (Å²) in [6.07, 6.45) is 0. The number of nitrogens with zero attached hydrogens (tertiary/aromatic N) is 1. The van der Waals surface area contributed by atoms with E-state index in [4.69, 9.17) is 5.11 Å². The predicted molar refractivity (Wildman–Crippen MR) is 81.2 cm³/mol. The van der Waals surface area contributed by atoms with Gasteiger partial charge in [-0.1, -0.05) is 12.1 Å². The molecule has 0 aliphatic carbocycles. The normalized spacial score (nSPS) is 10.9. The second kappa shape index (κ2) is 4.86. The van der Waals surface area contributed by atoms with Gasteiger partial charge in [-0.25, -0.2) is 14.2 Å². The molecule has 0 aliphatic rings. The maximum Gasteiger partial charge on any atom is 0.338 e. The Kier molecular flexibility index (Phi) is 3.17. The first kappa shape index (κ1) is 13.0. The van der Waals surface area contributed by atoms with Crippen LogP contribution < -0.4 is 0 Å². The van der Waals surface area contributed by atoms with Gasteiger partial charge >= 0.3 is 5.97 Å². The first-order valence-electron chi connectivity index (χ1n) is 5.73. The third kappa shape index (κ3) is 2.26. The highest BCUT2D eigenvalue weighted by Crippen LogP contribution is 2.24. The molecule has 0 radical (unpaired) electrons. The Morgan fingerprint density at radius 3 is 2.60 bits per heavy atom. The number of carboxylic acids is 1. The van der Waals surface area contributed by atoms with Gasteiger partial charge < -0.3 is 10.1 Å². The minimum Gasteiger partial charge on any atom is -0.478 e. The topological polar surface area (TPSA) is 66.0 Å². The zero-order chi connectivity index (χ0) is 14.3. The van der Waals surface area contributed by atoms with Gasteiger partial charge in [-0.2, -0.15) is 0 Å². The number of rotatable bonds is 2. The van der Waals surface area contributed by atoms with Gasteiger partial charge in [0.15, 0.2) is 0 Å². The van der Waals surface area contributed by atoms with Crippen LogP contribution in [0.15, 0.2) is 36.4 Å². The number of hydrogen-bond acceptors (Lipinski definition) is 2. The number of aromatic nitrogens is 2. The van der Waals surface area contributed by atoms with Crippen molar-refractivity contribution >= 4 is 39.6 Å². The Morgan fingerprint density at radius 1 is 1.25 bits per heavy atom. The largest absolute Gasteiger partial charge is 0.478 e. The number of imidazole rings is 1. The van der Waals surface area contributed by atoms with Crippen molar-refractivity contribution in [2.75, 3.05) is 0 Å². The Balaban J connectivity index is 2.22. The second-order valence-electron chi connectivity index (χ2n) is 4.25. The average Bonchev–Trinajstić information content (AvgIpc) is 2.81. The van der Waals surface area contributed by atoms with Gasteiger partial charge in [0, 0.05) is 9.13 Å². The average molecular weight is 382 g/mol. The van der Waals surface area contributed by atoms with Gasteiger partial charge in [0.1, 0.15) is 17.2 Å². The van der Waals surface area contributed by atoms with Crippen LogP contribution in [-0.2, 0) is 0 Å². The van der Waals surface area contributed by atoms with Crippen molar-refractivity contribution in [3.05, 3.63) is 51.3 Å². The van der Waals surface area contributed by atoms with E-state index >= 15 is 0 Å². The van der Waals surface area contributed by atoms with Crippen LogP contribution in [0.3, 0.4) is 0 Å². The summed E-state index contributed by atoms with van der Waals surface area (Å²) in [6.45, 7) is 0. The highest BCUT2D eigenvalue weighted by Gasteiger charge is 2.15. The molecule has 6 heteroatoms. The molecule has 0 bridgehead atoms. The van der Waals surface area contributed by atoms with E-state index in [-0.39, 0.29) is 11.1 Å². The van der Waals surface area contributed by atoms with E-state index in [2.05, 4.69) is 32.6 Å². The van der Waals surface area contributed by atoms with Crippen LogP contribution in [0.1, 0.15) is 10.4 Å². The van der Waals surface area contributed by atoms with Crippen LogP contribution in [0.5, 0.6) is 0 Å². The quantitative estimate of drug-likeness (QED) is 0.665. The van der Waals surface area contributed by atoms with Gasteiger partial charge in [-0.3, -0.25) is 0 Å². The number of aromatic carboxylic acids is 1. The third-order valence-corrected chi connectivity index (χ3v) is 3.62. The SMILES string of the molecule is O=C(O)c1cc(F)cc2[nH]c(-c3ccc(I)cc3)nc12. The van der Waals surface area contributed by atoms with Gasteiger partial charge in [0.05, 0.1) is 11.1 Å². The molecule has 0 amide bonds. The van der Waals surface area contributed by atoms with Crippen molar-refractivity contribution in [1.29, 1.82) is 0 Å². The van der Waals surface area contributed by atoms with Crippen molar-refractivity contribution < 1.29 is 14.3 Å². The molecule has 4 nitrogen and oxygen atoms in total. The molecule has 1 heterocycles. The van der Waals surface area contributed by atoms with Crippen LogP contribution in [0.2, 0.25) is 0 Å². The van der Waals surface area contributed by atoms with Crippen molar-refractivity contribution in [3.63, 3.8) is 0 Å². The van der Waals surface area contributed by atoms with E-state index in [0.717, 1.165) is 15.2 Å². The smallest absolute Gasteiger partial charge is 0.338 e. The summed E-state index contributed by atoms with van der Waals surface area (Å²) in [5.41, 5.74) is 1.30. The van der Waals surface area contributed by atoms with Crippen molar-refractivity contribution in [1.82, 2.24) is 9.97 Å². The Bertz CT molecular complexity index is 812. The number of carbonyl (C=O) groups is 1. The highest BCUT2D eigenvalue weighted by atomic mass is 127. The molecule has 0 saturated carbocycles. The van der Waals surface area contributed by atoms with Crippen LogP contribution >= 0.6 is 22.6 Å². The van der Waals surface area contributed by atoms with Crippen molar-refractivity contribution in [2.24, 2.45) is 0 Å². The van der Waals surface area contributed by atoms with Crippen LogP contribution in [-0.4, -0.2) is 21.0 Å². The number of nitrogens with one attached hydrogen (secondary N) is 1. The molecule has 0 saturated heterocycles. The summed E-state index contributed by atoms with van der Waals surface area (Å²) in [5, 5.41) is 9.10. The molecule has 3 rings (SSSR count). The van der Waals surface area contributed by atoms with Gasteiger partial charge in [0.25, 0.3) is 0 Å². The molecule has 0 atom stereocenters. The molecule has 1 aromatic heterocycles. The summed E-state index contributed by atoms with van der Waals surface area (Å²) in [5.74, 6) is -1.28. The summed E-state index contributed by atoms with van der Waals surface area (Å²) in [7, 11) is 0. The molecule has 0 aliphatic heterocycles. The Morgan fingerprint density at radius 2 is 1.95 bits per heavy atom. The summed E-state index contributed by atoms with van der Waals surface area (Å²) < 4.78 is 14.5. The fourth-order valence-electron chi connectivity index (χ4n) is 1.99. The minimum atomic E-state index is -1.20. The van der Waals surface area contributed by atoms with Gasteiger partial charge in [-0.15, -0.1) is 0 Å². The number of halogens is 2. The fraction of sp³-hybridized carbons (Fsp3) is 0. The van der Waals surface area contributed by atoms with Crippen LogP contribution in [0, 0.1) is 9.39 Å². The molecule has 2 N–H and O–H groups in total. The van der Waals surface area contributed by atoms with E-state index in [9.17, 15) is 9.18 Å².